The molecule has 0 aliphatic rings. The van der Waals surface area contributed by atoms with Crippen LogP contribution >= 0.6 is 0 Å². The van der Waals surface area contributed by atoms with Crippen molar-refractivity contribution in [3.05, 3.63) is 36.1 Å². The fraction of sp³-hybridized carbons (Fsp3) is 0.0769. The number of nitrogens with zero attached hydrogens (tertiary/aromatic N) is 4. The number of hydrogen-bond acceptors (Lipinski definition) is 7. The summed E-state index contributed by atoms with van der Waals surface area (Å²) in [6.45, 7) is 0. The first-order chi connectivity index (χ1) is 10.2. The van der Waals surface area contributed by atoms with Crippen LogP contribution < -0.4 is 10.5 Å². The van der Waals surface area contributed by atoms with Crippen molar-refractivity contribution in [3.63, 3.8) is 0 Å². The van der Waals surface area contributed by atoms with E-state index in [-0.39, 0.29) is 23.0 Å². The zero-order chi connectivity index (χ0) is 14.8. The Morgan fingerprint density at radius 2 is 2.05 bits per heavy atom. The molecule has 106 valence electrons. The van der Waals surface area contributed by atoms with E-state index in [0.29, 0.717) is 11.6 Å². The van der Waals surface area contributed by atoms with Gasteiger partial charge in [0.15, 0.2) is 0 Å². The molecule has 8 heteroatoms. The number of anilines is 1. The summed E-state index contributed by atoms with van der Waals surface area (Å²) in [5, 5.41) is 11.4. The maximum atomic E-state index is 13.8. The van der Waals surface area contributed by atoms with E-state index in [1.165, 1.54) is 19.2 Å². The monoisotopic (exact) mass is 287 g/mol. The Kier molecular flexibility index (Phi) is 3.19. The SMILES string of the molecule is COc1ccc(-c2noc(-c3c(N)cccc3F)n2)nn1. The third-order valence-corrected chi connectivity index (χ3v) is 2.76. The van der Waals surface area contributed by atoms with Crippen molar-refractivity contribution in [3.8, 4) is 28.9 Å². The van der Waals surface area contributed by atoms with Gasteiger partial charge in [0.2, 0.25) is 11.7 Å². The van der Waals surface area contributed by atoms with Crippen LogP contribution in [0.15, 0.2) is 34.9 Å². The molecule has 2 N–H and O–H groups in total. The van der Waals surface area contributed by atoms with E-state index in [9.17, 15) is 4.39 Å². The van der Waals surface area contributed by atoms with Gasteiger partial charge < -0.3 is 15.0 Å². The molecule has 0 amide bonds. The summed E-state index contributed by atoms with van der Waals surface area (Å²) in [6.07, 6.45) is 0. The fourth-order valence-corrected chi connectivity index (χ4v) is 1.74. The van der Waals surface area contributed by atoms with Gasteiger partial charge in [0.25, 0.3) is 5.89 Å². The summed E-state index contributed by atoms with van der Waals surface area (Å²) in [4.78, 5) is 4.09. The molecule has 0 aliphatic heterocycles. The molecule has 21 heavy (non-hydrogen) atoms. The summed E-state index contributed by atoms with van der Waals surface area (Å²) in [7, 11) is 1.48. The van der Waals surface area contributed by atoms with E-state index in [1.54, 1.807) is 18.2 Å². The predicted octanol–water partition coefficient (Wildman–Crippen LogP) is 1.92. The minimum Gasteiger partial charge on any atom is -0.480 e. The lowest BCUT2D eigenvalue weighted by Gasteiger charge is -2.00. The molecule has 0 aliphatic carbocycles. The highest BCUT2D eigenvalue weighted by atomic mass is 19.1. The molecule has 0 bridgehead atoms. The number of methoxy groups -OCH3 is 1. The molecule has 0 radical (unpaired) electrons. The number of aromatic nitrogens is 4. The molecular formula is C13H10FN5O2. The van der Waals surface area contributed by atoms with E-state index < -0.39 is 5.82 Å². The largest absolute Gasteiger partial charge is 0.480 e. The molecule has 0 fully saturated rings. The van der Waals surface area contributed by atoms with Crippen LogP contribution in [0.3, 0.4) is 0 Å². The fourth-order valence-electron chi connectivity index (χ4n) is 1.74. The molecule has 3 rings (SSSR count). The Morgan fingerprint density at radius 3 is 2.71 bits per heavy atom. The minimum absolute atomic E-state index is 0.0155. The summed E-state index contributed by atoms with van der Waals surface area (Å²) < 4.78 is 23.7. The van der Waals surface area contributed by atoms with Gasteiger partial charge in [-0.15, -0.1) is 10.2 Å². The molecule has 0 saturated carbocycles. The molecule has 2 heterocycles. The maximum absolute atomic E-state index is 13.8. The third-order valence-electron chi connectivity index (χ3n) is 2.76. The van der Waals surface area contributed by atoms with E-state index in [1.807, 2.05) is 0 Å². The number of hydrogen-bond donors (Lipinski definition) is 1. The van der Waals surface area contributed by atoms with Crippen LogP contribution in [-0.2, 0) is 0 Å². The Hall–Kier alpha value is -3.03. The summed E-state index contributed by atoms with van der Waals surface area (Å²) in [5.74, 6) is -0.00661. The number of nitrogen functional groups attached to an aromatic ring is 1. The topological polar surface area (TPSA) is 100.0 Å². The molecule has 0 unspecified atom stereocenters. The van der Waals surface area contributed by atoms with Crippen LogP contribution in [0, 0.1) is 5.82 Å². The lowest BCUT2D eigenvalue weighted by molar-refractivity contribution is 0.392. The first-order valence-electron chi connectivity index (χ1n) is 5.95. The van der Waals surface area contributed by atoms with Gasteiger partial charge in [-0.2, -0.15) is 4.98 Å². The van der Waals surface area contributed by atoms with Gasteiger partial charge >= 0.3 is 0 Å². The smallest absolute Gasteiger partial charge is 0.263 e. The number of ether oxygens (including phenoxy) is 1. The molecule has 7 nitrogen and oxygen atoms in total. The molecule has 3 aromatic rings. The number of rotatable bonds is 3. The second kappa shape index (κ2) is 5.16. The highest BCUT2D eigenvalue weighted by Crippen LogP contribution is 2.28. The Morgan fingerprint density at radius 1 is 1.19 bits per heavy atom. The number of halogens is 1. The Balaban J connectivity index is 1.99. The van der Waals surface area contributed by atoms with Crippen molar-refractivity contribution in [2.45, 2.75) is 0 Å². The van der Waals surface area contributed by atoms with Gasteiger partial charge in [0.05, 0.1) is 12.7 Å². The van der Waals surface area contributed by atoms with Gasteiger partial charge in [0.1, 0.15) is 11.5 Å². The van der Waals surface area contributed by atoms with Crippen molar-refractivity contribution in [1.82, 2.24) is 20.3 Å². The average Bonchev–Trinajstić information content (AvgIpc) is 2.97. The molecule has 0 saturated heterocycles. The number of nitrogens with two attached hydrogens (primary N) is 1. The first-order valence-corrected chi connectivity index (χ1v) is 5.95. The van der Waals surface area contributed by atoms with Crippen LogP contribution in [0.5, 0.6) is 5.88 Å². The molecule has 1 aromatic carbocycles. The second-order valence-electron chi connectivity index (χ2n) is 4.09. The van der Waals surface area contributed by atoms with Crippen LogP contribution in [0.2, 0.25) is 0 Å². The van der Waals surface area contributed by atoms with Crippen LogP contribution in [-0.4, -0.2) is 27.4 Å². The van der Waals surface area contributed by atoms with Crippen molar-refractivity contribution in [2.75, 3.05) is 12.8 Å². The van der Waals surface area contributed by atoms with E-state index in [4.69, 9.17) is 15.0 Å². The average molecular weight is 287 g/mol. The first kappa shape index (κ1) is 13.0. The van der Waals surface area contributed by atoms with Gasteiger partial charge in [-0.05, 0) is 18.2 Å². The van der Waals surface area contributed by atoms with Gasteiger partial charge in [-0.3, -0.25) is 0 Å². The third kappa shape index (κ3) is 2.38. The summed E-state index contributed by atoms with van der Waals surface area (Å²) in [6, 6.07) is 7.54. The quantitative estimate of drug-likeness (QED) is 0.734. The highest BCUT2D eigenvalue weighted by Gasteiger charge is 2.17. The van der Waals surface area contributed by atoms with Gasteiger partial charge in [-0.1, -0.05) is 11.2 Å². The van der Waals surface area contributed by atoms with Crippen LogP contribution in [0.4, 0.5) is 10.1 Å². The van der Waals surface area contributed by atoms with Crippen LogP contribution in [0.25, 0.3) is 23.0 Å². The molecule has 0 spiro atoms. The second-order valence-corrected chi connectivity index (χ2v) is 4.09. The Bertz CT molecular complexity index is 752. The minimum atomic E-state index is -0.536. The standard InChI is InChI=1S/C13H10FN5O2/c1-20-10-6-5-9(17-18-10)12-16-13(21-19-12)11-7(14)3-2-4-8(11)15/h2-6H,15H2,1H3. The van der Waals surface area contributed by atoms with E-state index >= 15 is 0 Å². The maximum Gasteiger partial charge on any atom is 0.263 e. The summed E-state index contributed by atoms with van der Waals surface area (Å²) >= 11 is 0. The van der Waals surface area contributed by atoms with Crippen molar-refractivity contribution in [1.29, 1.82) is 0 Å². The molecule has 0 atom stereocenters. The highest BCUT2D eigenvalue weighted by molar-refractivity contribution is 5.71. The molecular weight excluding hydrogens is 277 g/mol. The van der Waals surface area contributed by atoms with Crippen molar-refractivity contribution < 1.29 is 13.7 Å². The lowest BCUT2D eigenvalue weighted by Crippen LogP contribution is -1.94. The predicted molar refractivity (Wildman–Crippen MR) is 71.7 cm³/mol. The zero-order valence-corrected chi connectivity index (χ0v) is 10.9. The lowest BCUT2D eigenvalue weighted by atomic mass is 10.1. The van der Waals surface area contributed by atoms with Crippen LogP contribution in [0.1, 0.15) is 0 Å². The van der Waals surface area contributed by atoms with E-state index in [2.05, 4.69) is 20.3 Å². The normalized spacial score (nSPS) is 10.6. The van der Waals surface area contributed by atoms with Gasteiger partial charge in [-0.25, -0.2) is 4.39 Å². The Labute approximate surface area is 118 Å². The van der Waals surface area contributed by atoms with E-state index in [0.717, 1.165) is 0 Å². The van der Waals surface area contributed by atoms with Crippen molar-refractivity contribution in [2.24, 2.45) is 0 Å². The van der Waals surface area contributed by atoms with Crippen molar-refractivity contribution >= 4 is 5.69 Å². The summed E-state index contributed by atoms with van der Waals surface area (Å²) in [5.41, 5.74) is 6.38. The zero-order valence-electron chi connectivity index (χ0n) is 10.9. The number of benzene rings is 1. The molecule has 2 aromatic heterocycles. The van der Waals surface area contributed by atoms with Gasteiger partial charge in [0, 0.05) is 11.8 Å².